The molecule has 4 heterocycles. The van der Waals surface area contributed by atoms with Crippen molar-refractivity contribution in [2.45, 2.75) is 38.8 Å². The van der Waals surface area contributed by atoms with E-state index in [4.69, 9.17) is 0 Å². The second-order valence-corrected chi connectivity index (χ2v) is 5.59. The second-order valence-electron chi connectivity index (χ2n) is 5.59. The molecule has 0 fully saturated rings. The fourth-order valence-electron chi connectivity index (χ4n) is 2.90. The number of nitrogens with one attached hydrogen (secondary N) is 1. The molecular formula is C14H18N8. The fraction of sp³-hybridized carbons (Fsp3) is 0.500. The number of rotatable bonds is 3. The Labute approximate surface area is 127 Å². The number of nitrogens with zero attached hydrogens (tertiary/aromatic N) is 7. The van der Waals surface area contributed by atoms with Crippen LogP contribution in [0.2, 0.25) is 0 Å². The maximum absolute atomic E-state index is 4.55. The first-order chi connectivity index (χ1) is 10.7. The molecule has 0 spiro atoms. The SMILES string of the molecule is CCc1nc2n(n1)CC(Nc1ncnc3c1cnn3C)CC2. The van der Waals surface area contributed by atoms with Gasteiger partial charge in [0.05, 0.1) is 18.1 Å². The van der Waals surface area contributed by atoms with Crippen LogP contribution in [0, 0.1) is 0 Å². The lowest BCUT2D eigenvalue weighted by Crippen LogP contribution is -2.32. The van der Waals surface area contributed by atoms with Gasteiger partial charge in [-0.25, -0.2) is 19.6 Å². The molecule has 0 radical (unpaired) electrons. The van der Waals surface area contributed by atoms with E-state index in [-0.39, 0.29) is 6.04 Å². The van der Waals surface area contributed by atoms with Crippen molar-refractivity contribution in [3.8, 4) is 0 Å². The molecule has 1 unspecified atom stereocenters. The van der Waals surface area contributed by atoms with Gasteiger partial charge < -0.3 is 5.32 Å². The molecule has 0 aliphatic carbocycles. The Bertz CT molecular complexity index is 817. The van der Waals surface area contributed by atoms with Gasteiger partial charge in [0.25, 0.3) is 0 Å². The van der Waals surface area contributed by atoms with Gasteiger partial charge in [0, 0.05) is 25.9 Å². The lowest BCUT2D eigenvalue weighted by Gasteiger charge is -2.24. The summed E-state index contributed by atoms with van der Waals surface area (Å²) in [6.45, 7) is 2.89. The average Bonchev–Trinajstić information content (AvgIpc) is 3.11. The summed E-state index contributed by atoms with van der Waals surface area (Å²) in [5, 5.41) is 13.3. The van der Waals surface area contributed by atoms with E-state index in [1.165, 1.54) is 0 Å². The van der Waals surface area contributed by atoms with Crippen LogP contribution in [0.4, 0.5) is 5.82 Å². The summed E-state index contributed by atoms with van der Waals surface area (Å²) in [7, 11) is 1.88. The van der Waals surface area contributed by atoms with Gasteiger partial charge in [-0.1, -0.05) is 6.92 Å². The minimum atomic E-state index is 0.289. The van der Waals surface area contributed by atoms with E-state index in [2.05, 4.69) is 37.4 Å². The molecule has 1 aliphatic rings. The summed E-state index contributed by atoms with van der Waals surface area (Å²) in [4.78, 5) is 13.2. The van der Waals surface area contributed by atoms with Gasteiger partial charge in [-0.15, -0.1) is 0 Å². The molecule has 3 aromatic heterocycles. The third-order valence-electron chi connectivity index (χ3n) is 4.09. The van der Waals surface area contributed by atoms with E-state index in [1.54, 1.807) is 17.2 Å². The zero-order valence-corrected chi connectivity index (χ0v) is 12.7. The zero-order chi connectivity index (χ0) is 15.1. The van der Waals surface area contributed by atoms with Gasteiger partial charge in [0.2, 0.25) is 0 Å². The minimum Gasteiger partial charge on any atom is -0.365 e. The van der Waals surface area contributed by atoms with Crippen molar-refractivity contribution in [2.24, 2.45) is 7.05 Å². The van der Waals surface area contributed by atoms with Gasteiger partial charge in [-0.2, -0.15) is 10.2 Å². The zero-order valence-electron chi connectivity index (χ0n) is 12.7. The van der Waals surface area contributed by atoms with E-state index >= 15 is 0 Å². The van der Waals surface area contributed by atoms with E-state index in [1.807, 2.05) is 11.7 Å². The van der Waals surface area contributed by atoms with E-state index < -0.39 is 0 Å². The maximum atomic E-state index is 4.55. The fourth-order valence-corrected chi connectivity index (χ4v) is 2.90. The molecule has 22 heavy (non-hydrogen) atoms. The Hall–Kier alpha value is -2.51. The van der Waals surface area contributed by atoms with Gasteiger partial charge in [0.1, 0.15) is 18.0 Å². The van der Waals surface area contributed by atoms with Gasteiger partial charge in [-0.05, 0) is 6.42 Å². The highest BCUT2D eigenvalue weighted by molar-refractivity contribution is 5.86. The van der Waals surface area contributed by atoms with Crippen LogP contribution in [0.25, 0.3) is 11.0 Å². The van der Waals surface area contributed by atoms with Crippen molar-refractivity contribution >= 4 is 16.9 Å². The standard InChI is InChI=1S/C14H18N8/c1-3-11-19-12-5-4-9(7-22(12)20-11)18-13-10-6-17-21(2)14(10)16-8-15-13/h6,8-9H,3-5,7H2,1-2H3,(H,15,16,18). The topological polar surface area (TPSA) is 86.3 Å². The summed E-state index contributed by atoms with van der Waals surface area (Å²) in [6, 6.07) is 0.289. The van der Waals surface area contributed by atoms with Crippen LogP contribution in [-0.4, -0.2) is 40.6 Å². The minimum absolute atomic E-state index is 0.289. The molecule has 0 aromatic carbocycles. The smallest absolute Gasteiger partial charge is 0.163 e. The number of anilines is 1. The van der Waals surface area contributed by atoms with Crippen LogP contribution in [0.1, 0.15) is 25.0 Å². The Balaban J connectivity index is 1.58. The molecule has 0 saturated heterocycles. The normalized spacial score (nSPS) is 17.6. The first-order valence-electron chi connectivity index (χ1n) is 7.56. The number of aromatic nitrogens is 7. The summed E-state index contributed by atoms with van der Waals surface area (Å²) in [6.07, 6.45) is 6.21. The van der Waals surface area contributed by atoms with Crippen molar-refractivity contribution in [3.05, 3.63) is 24.2 Å². The molecule has 1 aliphatic heterocycles. The highest BCUT2D eigenvalue weighted by Gasteiger charge is 2.22. The predicted octanol–water partition coefficient (Wildman–Crippen LogP) is 0.944. The Kier molecular flexibility index (Phi) is 3.02. The predicted molar refractivity (Wildman–Crippen MR) is 81.4 cm³/mol. The summed E-state index contributed by atoms with van der Waals surface area (Å²) in [5.41, 5.74) is 0.836. The Morgan fingerprint density at radius 1 is 1.36 bits per heavy atom. The number of aryl methyl sites for hydroxylation is 3. The number of hydrogen-bond acceptors (Lipinski definition) is 6. The largest absolute Gasteiger partial charge is 0.365 e. The molecule has 8 heteroatoms. The van der Waals surface area contributed by atoms with Crippen LogP contribution in [0.5, 0.6) is 0 Å². The molecular weight excluding hydrogens is 280 g/mol. The number of fused-ring (bicyclic) bond motifs is 2. The molecule has 0 saturated carbocycles. The highest BCUT2D eigenvalue weighted by atomic mass is 15.4. The Morgan fingerprint density at radius 2 is 2.27 bits per heavy atom. The monoisotopic (exact) mass is 298 g/mol. The van der Waals surface area contributed by atoms with Crippen molar-refractivity contribution in [1.29, 1.82) is 0 Å². The molecule has 0 amide bonds. The van der Waals surface area contributed by atoms with Crippen LogP contribution in [0.3, 0.4) is 0 Å². The first kappa shape index (κ1) is 13.2. The van der Waals surface area contributed by atoms with Crippen molar-refractivity contribution in [3.63, 3.8) is 0 Å². The first-order valence-corrected chi connectivity index (χ1v) is 7.56. The van der Waals surface area contributed by atoms with Crippen molar-refractivity contribution in [2.75, 3.05) is 5.32 Å². The average molecular weight is 298 g/mol. The molecule has 0 bridgehead atoms. The molecule has 114 valence electrons. The van der Waals surface area contributed by atoms with Crippen molar-refractivity contribution < 1.29 is 0 Å². The lowest BCUT2D eigenvalue weighted by atomic mass is 10.1. The molecule has 1 atom stereocenters. The van der Waals surface area contributed by atoms with Crippen LogP contribution < -0.4 is 5.32 Å². The Morgan fingerprint density at radius 3 is 3.14 bits per heavy atom. The molecule has 1 N–H and O–H groups in total. The summed E-state index contributed by atoms with van der Waals surface area (Å²) >= 11 is 0. The molecule has 8 nitrogen and oxygen atoms in total. The van der Waals surface area contributed by atoms with Crippen LogP contribution >= 0.6 is 0 Å². The third-order valence-corrected chi connectivity index (χ3v) is 4.09. The van der Waals surface area contributed by atoms with Gasteiger partial charge in [0.15, 0.2) is 11.5 Å². The van der Waals surface area contributed by atoms with E-state index in [0.717, 1.165) is 54.3 Å². The summed E-state index contributed by atoms with van der Waals surface area (Å²) in [5.74, 6) is 2.85. The lowest BCUT2D eigenvalue weighted by molar-refractivity contribution is 0.440. The second kappa shape index (κ2) is 5.04. The maximum Gasteiger partial charge on any atom is 0.163 e. The third kappa shape index (κ3) is 2.11. The summed E-state index contributed by atoms with van der Waals surface area (Å²) < 4.78 is 3.77. The van der Waals surface area contributed by atoms with Gasteiger partial charge >= 0.3 is 0 Å². The van der Waals surface area contributed by atoms with Crippen LogP contribution in [-0.2, 0) is 26.4 Å². The quantitative estimate of drug-likeness (QED) is 0.774. The van der Waals surface area contributed by atoms with Crippen molar-refractivity contribution in [1.82, 2.24) is 34.5 Å². The van der Waals surface area contributed by atoms with Gasteiger partial charge in [-0.3, -0.25) is 4.68 Å². The van der Waals surface area contributed by atoms with E-state index in [9.17, 15) is 0 Å². The van der Waals surface area contributed by atoms with Crippen LogP contribution in [0.15, 0.2) is 12.5 Å². The molecule has 3 aromatic rings. The molecule has 4 rings (SSSR count). The van der Waals surface area contributed by atoms with E-state index in [0.29, 0.717) is 0 Å². The highest BCUT2D eigenvalue weighted by Crippen LogP contribution is 2.22. The number of hydrogen-bond donors (Lipinski definition) is 1.